The van der Waals surface area contributed by atoms with Crippen LogP contribution in [0.4, 0.5) is 5.13 Å². The van der Waals surface area contributed by atoms with Crippen molar-refractivity contribution in [2.45, 2.75) is 0 Å². The van der Waals surface area contributed by atoms with Crippen molar-refractivity contribution in [1.82, 2.24) is 4.98 Å². The third-order valence-electron chi connectivity index (χ3n) is 2.86. The summed E-state index contributed by atoms with van der Waals surface area (Å²) in [5.74, 6) is -0.537. The second-order valence-electron chi connectivity index (χ2n) is 4.20. The lowest BCUT2D eigenvalue weighted by atomic mass is 10.1. The SMILES string of the molecule is COc1cc(C(=O)Nc2ncc(C(=O)O)s2)cc(OC)c1OC. The number of aromatic carboxylic acids is 1. The number of nitrogens with zero attached hydrogens (tertiary/aromatic N) is 1. The summed E-state index contributed by atoms with van der Waals surface area (Å²) in [5.41, 5.74) is 0.256. The van der Waals surface area contributed by atoms with Crippen LogP contribution in [-0.4, -0.2) is 43.3 Å². The van der Waals surface area contributed by atoms with Crippen LogP contribution in [0.15, 0.2) is 18.3 Å². The zero-order valence-corrected chi connectivity index (χ0v) is 13.4. The molecule has 1 heterocycles. The van der Waals surface area contributed by atoms with Gasteiger partial charge in [0.15, 0.2) is 16.6 Å². The Balaban J connectivity index is 2.29. The molecule has 0 unspecified atom stereocenters. The van der Waals surface area contributed by atoms with Crippen LogP contribution in [-0.2, 0) is 0 Å². The number of benzene rings is 1. The van der Waals surface area contributed by atoms with E-state index in [1.54, 1.807) is 0 Å². The lowest BCUT2D eigenvalue weighted by Gasteiger charge is -2.13. The van der Waals surface area contributed by atoms with Gasteiger partial charge in [0.25, 0.3) is 5.91 Å². The van der Waals surface area contributed by atoms with E-state index in [2.05, 4.69) is 10.3 Å². The molecule has 9 heteroatoms. The molecule has 0 aliphatic rings. The fourth-order valence-electron chi connectivity index (χ4n) is 1.81. The largest absolute Gasteiger partial charge is 0.493 e. The minimum Gasteiger partial charge on any atom is -0.493 e. The molecule has 2 rings (SSSR count). The van der Waals surface area contributed by atoms with Crippen molar-refractivity contribution < 1.29 is 28.9 Å². The fraction of sp³-hybridized carbons (Fsp3) is 0.214. The van der Waals surface area contributed by atoms with Gasteiger partial charge < -0.3 is 19.3 Å². The van der Waals surface area contributed by atoms with E-state index in [-0.39, 0.29) is 15.6 Å². The summed E-state index contributed by atoms with van der Waals surface area (Å²) in [6.07, 6.45) is 1.18. The second kappa shape index (κ2) is 6.97. The number of hydrogen-bond acceptors (Lipinski definition) is 7. The first-order chi connectivity index (χ1) is 11.0. The Labute approximate surface area is 135 Å². The highest BCUT2D eigenvalue weighted by atomic mass is 32.1. The van der Waals surface area contributed by atoms with E-state index >= 15 is 0 Å². The zero-order chi connectivity index (χ0) is 17.0. The molecular weight excluding hydrogens is 324 g/mol. The molecule has 0 saturated heterocycles. The first kappa shape index (κ1) is 16.6. The molecule has 23 heavy (non-hydrogen) atoms. The fourth-order valence-corrected chi connectivity index (χ4v) is 2.46. The highest BCUT2D eigenvalue weighted by Crippen LogP contribution is 2.38. The Kier molecular flexibility index (Phi) is 5.02. The van der Waals surface area contributed by atoms with Crippen LogP contribution in [0.2, 0.25) is 0 Å². The Bertz CT molecular complexity index is 718. The lowest BCUT2D eigenvalue weighted by Crippen LogP contribution is -2.12. The molecule has 1 aromatic carbocycles. The van der Waals surface area contributed by atoms with Crippen molar-refractivity contribution in [2.75, 3.05) is 26.6 Å². The Morgan fingerprint density at radius 2 is 1.74 bits per heavy atom. The molecular formula is C14H14N2O6S. The highest BCUT2D eigenvalue weighted by molar-refractivity contribution is 7.17. The molecule has 1 amide bonds. The van der Waals surface area contributed by atoms with E-state index in [1.807, 2.05) is 0 Å². The summed E-state index contributed by atoms with van der Waals surface area (Å²) in [6, 6.07) is 2.98. The van der Waals surface area contributed by atoms with Crippen molar-refractivity contribution in [3.8, 4) is 17.2 Å². The van der Waals surface area contributed by atoms with Crippen molar-refractivity contribution in [1.29, 1.82) is 0 Å². The van der Waals surface area contributed by atoms with Gasteiger partial charge >= 0.3 is 5.97 Å². The van der Waals surface area contributed by atoms with Gasteiger partial charge in [-0.3, -0.25) is 10.1 Å². The molecule has 0 radical (unpaired) electrons. The van der Waals surface area contributed by atoms with Gasteiger partial charge in [-0.05, 0) is 12.1 Å². The number of nitrogens with one attached hydrogen (secondary N) is 1. The number of carbonyl (C=O) groups is 2. The standard InChI is InChI=1S/C14H14N2O6S/c1-20-8-4-7(5-9(21-2)11(8)22-3)12(17)16-14-15-6-10(23-14)13(18)19/h4-6H,1-3H3,(H,18,19)(H,15,16,17). The number of rotatable bonds is 6. The molecule has 0 aliphatic heterocycles. The van der Waals surface area contributed by atoms with Crippen molar-refractivity contribution in [3.05, 3.63) is 28.8 Å². The summed E-state index contributed by atoms with van der Waals surface area (Å²) in [5, 5.41) is 11.6. The number of anilines is 1. The molecule has 0 saturated carbocycles. The van der Waals surface area contributed by atoms with Crippen LogP contribution in [0.1, 0.15) is 20.0 Å². The zero-order valence-electron chi connectivity index (χ0n) is 12.6. The van der Waals surface area contributed by atoms with Crippen molar-refractivity contribution >= 4 is 28.3 Å². The van der Waals surface area contributed by atoms with E-state index in [4.69, 9.17) is 19.3 Å². The highest BCUT2D eigenvalue weighted by Gasteiger charge is 2.18. The number of carboxylic acids is 1. The molecule has 0 spiro atoms. The van der Waals surface area contributed by atoms with E-state index in [1.165, 1.54) is 39.7 Å². The molecule has 0 fully saturated rings. The van der Waals surface area contributed by atoms with Gasteiger partial charge in [0.05, 0.1) is 27.5 Å². The summed E-state index contributed by atoms with van der Waals surface area (Å²) < 4.78 is 15.5. The average molecular weight is 338 g/mol. The second-order valence-corrected chi connectivity index (χ2v) is 5.23. The maximum absolute atomic E-state index is 12.3. The molecule has 8 nitrogen and oxygen atoms in total. The average Bonchev–Trinajstić information content (AvgIpc) is 3.01. The summed E-state index contributed by atoms with van der Waals surface area (Å²) in [6.45, 7) is 0. The predicted octanol–water partition coefficient (Wildman–Crippen LogP) is 2.12. The first-order valence-electron chi connectivity index (χ1n) is 6.30. The quantitative estimate of drug-likeness (QED) is 0.830. The number of methoxy groups -OCH3 is 3. The Morgan fingerprint density at radius 1 is 1.13 bits per heavy atom. The number of hydrogen-bond donors (Lipinski definition) is 2. The maximum Gasteiger partial charge on any atom is 0.347 e. The normalized spacial score (nSPS) is 10.0. The number of thiazole rings is 1. The lowest BCUT2D eigenvalue weighted by molar-refractivity contribution is 0.0701. The van der Waals surface area contributed by atoms with Gasteiger partial charge in [-0.25, -0.2) is 9.78 Å². The van der Waals surface area contributed by atoms with E-state index < -0.39 is 11.9 Å². The van der Waals surface area contributed by atoms with Crippen LogP contribution in [0, 0.1) is 0 Å². The van der Waals surface area contributed by atoms with Gasteiger partial charge in [-0.15, -0.1) is 0 Å². The van der Waals surface area contributed by atoms with Crippen molar-refractivity contribution in [3.63, 3.8) is 0 Å². The number of ether oxygens (including phenoxy) is 3. The van der Waals surface area contributed by atoms with Crippen LogP contribution < -0.4 is 19.5 Å². The first-order valence-corrected chi connectivity index (χ1v) is 7.12. The minimum atomic E-state index is -1.10. The van der Waals surface area contributed by atoms with Crippen LogP contribution in [0.5, 0.6) is 17.2 Å². The summed E-state index contributed by atoms with van der Waals surface area (Å²) in [4.78, 5) is 27.0. The molecule has 0 bridgehead atoms. The van der Waals surface area contributed by atoms with Gasteiger partial charge in [0.2, 0.25) is 5.75 Å². The Hall–Kier alpha value is -2.81. The molecule has 122 valence electrons. The molecule has 1 aromatic heterocycles. The van der Waals surface area contributed by atoms with Gasteiger partial charge in [-0.1, -0.05) is 11.3 Å². The smallest absolute Gasteiger partial charge is 0.347 e. The molecule has 2 N–H and O–H groups in total. The third kappa shape index (κ3) is 3.51. The number of carboxylic acid groups (broad SMARTS) is 1. The van der Waals surface area contributed by atoms with E-state index in [9.17, 15) is 9.59 Å². The molecule has 2 aromatic rings. The summed E-state index contributed by atoms with van der Waals surface area (Å²) in [7, 11) is 4.35. The van der Waals surface area contributed by atoms with E-state index in [0.29, 0.717) is 17.2 Å². The van der Waals surface area contributed by atoms with Crippen molar-refractivity contribution in [2.24, 2.45) is 0 Å². The monoisotopic (exact) mass is 338 g/mol. The van der Waals surface area contributed by atoms with E-state index in [0.717, 1.165) is 11.3 Å². The number of carbonyl (C=O) groups excluding carboxylic acids is 1. The van der Waals surface area contributed by atoms with Crippen LogP contribution in [0.25, 0.3) is 0 Å². The van der Waals surface area contributed by atoms with Crippen LogP contribution in [0.3, 0.4) is 0 Å². The van der Waals surface area contributed by atoms with Gasteiger partial charge in [0.1, 0.15) is 4.88 Å². The van der Waals surface area contributed by atoms with Crippen LogP contribution >= 0.6 is 11.3 Å². The number of aromatic nitrogens is 1. The third-order valence-corrected chi connectivity index (χ3v) is 3.76. The molecule has 0 atom stereocenters. The van der Waals surface area contributed by atoms with Gasteiger partial charge in [0, 0.05) is 5.56 Å². The van der Waals surface area contributed by atoms with Gasteiger partial charge in [-0.2, -0.15) is 0 Å². The topological polar surface area (TPSA) is 107 Å². The molecule has 0 aliphatic carbocycles. The minimum absolute atomic E-state index is 0.0326. The summed E-state index contributed by atoms with van der Waals surface area (Å²) >= 11 is 0.862. The predicted molar refractivity (Wildman–Crippen MR) is 83.1 cm³/mol. The Morgan fingerprint density at radius 3 is 2.17 bits per heavy atom. The maximum atomic E-state index is 12.3. The number of amides is 1.